The molecule has 0 fully saturated rings. The molecule has 0 spiro atoms. The minimum atomic E-state index is -7.24. The highest BCUT2D eigenvalue weighted by Gasteiger charge is 2.79. The number of pyridine rings is 1. The number of alkyl halides is 14. The van der Waals surface area contributed by atoms with Gasteiger partial charge in [-0.05, 0) is 0 Å². The second kappa shape index (κ2) is 7.39. The van der Waals surface area contributed by atoms with Crippen molar-refractivity contribution in [1.29, 1.82) is 0 Å². The molecular weight excluding hydrogens is 487 g/mol. The summed E-state index contributed by atoms with van der Waals surface area (Å²) in [6.07, 6.45) is -28.9. The molecule has 0 aromatic carbocycles. The summed E-state index contributed by atoms with van der Waals surface area (Å²) in [5.74, 6) is -8.38. The molecule has 1 aromatic heterocycles. The van der Waals surface area contributed by atoms with Gasteiger partial charge < -0.3 is 9.47 Å². The number of aromatic nitrogens is 1. The molecule has 0 amide bonds. The van der Waals surface area contributed by atoms with Crippen molar-refractivity contribution in [1.82, 2.24) is 4.98 Å². The summed E-state index contributed by atoms with van der Waals surface area (Å²) in [7, 11) is 0.337. The summed E-state index contributed by atoms with van der Waals surface area (Å²) >= 11 is 0. The minimum absolute atomic E-state index is 0.130. The molecule has 31 heavy (non-hydrogen) atoms. The van der Waals surface area contributed by atoms with Gasteiger partial charge in [0.2, 0.25) is 0 Å². The zero-order valence-electron chi connectivity index (χ0n) is 14.4. The standard InChI is InChI=1S/C13H6F15NO2/c1-30-5-3(8(15,10(17,18)19)11(20,21)22)4(14)6(29-7(5)31-2)9(16,12(23,24)25)13(26,27)28/h1-2H3. The number of hydrogen-bond donors (Lipinski definition) is 0. The first kappa shape index (κ1) is 26.7. The van der Waals surface area contributed by atoms with Crippen LogP contribution in [0.15, 0.2) is 0 Å². The highest BCUT2D eigenvalue weighted by molar-refractivity contribution is 5.51. The van der Waals surface area contributed by atoms with E-state index in [1.54, 1.807) is 0 Å². The van der Waals surface area contributed by atoms with Crippen molar-refractivity contribution in [3.05, 3.63) is 17.1 Å². The van der Waals surface area contributed by atoms with E-state index < -0.39 is 64.7 Å². The van der Waals surface area contributed by atoms with Gasteiger partial charge in [0.25, 0.3) is 5.88 Å². The largest absolute Gasteiger partial charge is 0.491 e. The first-order valence-corrected chi connectivity index (χ1v) is 7.01. The first-order chi connectivity index (χ1) is 13.5. The van der Waals surface area contributed by atoms with Gasteiger partial charge in [-0.3, -0.25) is 0 Å². The van der Waals surface area contributed by atoms with E-state index in [0.29, 0.717) is 0 Å². The average Bonchev–Trinajstić information content (AvgIpc) is 2.55. The van der Waals surface area contributed by atoms with E-state index in [0.717, 1.165) is 0 Å². The maximum Gasteiger partial charge on any atom is 0.437 e. The molecule has 1 aromatic rings. The summed E-state index contributed by atoms with van der Waals surface area (Å²) in [6, 6.07) is 0. The number of nitrogens with zero attached hydrogens (tertiary/aromatic N) is 1. The van der Waals surface area contributed by atoms with Crippen LogP contribution in [0.4, 0.5) is 65.9 Å². The molecule has 180 valence electrons. The Bertz CT molecular complexity index is 793. The summed E-state index contributed by atoms with van der Waals surface area (Å²) in [5, 5.41) is 0. The van der Waals surface area contributed by atoms with Crippen LogP contribution in [0.25, 0.3) is 0 Å². The van der Waals surface area contributed by atoms with Crippen LogP contribution in [0.1, 0.15) is 11.3 Å². The van der Waals surface area contributed by atoms with E-state index in [1.807, 2.05) is 0 Å². The third kappa shape index (κ3) is 3.77. The summed E-state index contributed by atoms with van der Waals surface area (Å²) in [4.78, 5) is 2.07. The molecule has 1 heterocycles. The SMILES string of the molecule is COc1nc(C(F)(C(F)(F)F)C(F)(F)F)c(F)c(C(F)(C(F)(F)F)C(F)(F)F)c1OC. The van der Waals surface area contributed by atoms with E-state index in [1.165, 1.54) is 0 Å². The maximum atomic E-state index is 14.5. The molecule has 3 nitrogen and oxygen atoms in total. The van der Waals surface area contributed by atoms with E-state index in [9.17, 15) is 65.9 Å². The second-order valence-electron chi connectivity index (χ2n) is 5.50. The fourth-order valence-corrected chi connectivity index (χ4v) is 2.26. The Labute approximate surface area is 160 Å². The van der Waals surface area contributed by atoms with E-state index in [2.05, 4.69) is 14.5 Å². The third-order valence-electron chi connectivity index (χ3n) is 3.69. The second-order valence-corrected chi connectivity index (χ2v) is 5.50. The van der Waals surface area contributed by atoms with Crippen LogP contribution >= 0.6 is 0 Å². The molecule has 0 bridgehead atoms. The molecule has 0 aliphatic heterocycles. The smallest absolute Gasteiger partial charge is 0.437 e. The molecule has 0 aliphatic rings. The van der Waals surface area contributed by atoms with Gasteiger partial charge >= 0.3 is 36.0 Å². The monoisotopic (exact) mass is 493 g/mol. The molecule has 0 radical (unpaired) electrons. The number of hydrogen-bond acceptors (Lipinski definition) is 3. The predicted molar refractivity (Wildman–Crippen MR) is 67.1 cm³/mol. The lowest BCUT2D eigenvalue weighted by molar-refractivity contribution is -0.353. The van der Waals surface area contributed by atoms with Crippen molar-refractivity contribution in [3.63, 3.8) is 0 Å². The Kier molecular flexibility index (Phi) is 6.37. The van der Waals surface area contributed by atoms with Crippen molar-refractivity contribution >= 4 is 0 Å². The minimum Gasteiger partial charge on any atom is -0.491 e. The lowest BCUT2D eigenvalue weighted by Crippen LogP contribution is -2.54. The Hall–Kier alpha value is -2.30. The van der Waals surface area contributed by atoms with Crippen LogP contribution in [0, 0.1) is 5.82 Å². The van der Waals surface area contributed by atoms with Crippen LogP contribution in [0.2, 0.25) is 0 Å². The topological polar surface area (TPSA) is 31.4 Å². The van der Waals surface area contributed by atoms with E-state index in [4.69, 9.17) is 0 Å². The molecular formula is C13H6F15NO2. The van der Waals surface area contributed by atoms with Crippen LogP contribution in [-0.4, -0.2) is 43.9 Å². The highest BCUT2D eigenvalue weighted by Crippen LogP contribution is 2.60. The predicted octanol–water partition coefficient (Wildman–Crippen LogP) is 5.82. The van der Waals surface area contributed by atoms with Crippen molar-refractivity contribution in [2.75, 3.05) is 14.2 Å². The normalized spacial score (nSPS) is 14.6. The summed E-state index contributed by atoms with van der Waals surface area (Å²) in [6.45, 7) is 0. The molecule has 0 atom stereocenters. The maximum absolute atomic E-state index is 14.5. The number of methoxy groups -OCH3 is 2. The molecule has 1 rings (SSSR count). The average molecular weight is 493 g/mol. The van der Waals surface area contributed by atoms with E-state index in [-0.39, 0.29) is 14.2 Å². The van der Waals surface area contributed by atoms with Crippen molar-refractivity contribution in [2.24, 2.45) is 0 Å². The number of ether oxygens (including phenoxy) is 2. The van der Waals surface area contributed by atoms with Gasteiger partial charge in [0.15, 0.2) is 11.6 Å². The van der Waals surface area contributed by atoms with Gasteiger partial charge in [-0.25, -0.2) is 18.2 Å². The highest BCUT2D eigenvalue weighted by atomic mass is 19.4. The Morgan fingerprint density at radius 1 is 0.581 bits per heavy atom. The van der Waals surface area contributed by atoms with Crippen molar-refractivity contribution in [2.45, 2.75) is 36.0 Å². The number of halogens is 15. The van der Waals surface area contributed by atoms with Crippen LogP contribution in [-0.2, 0) is 11.3 Å². The Balaban J connectivity index is 4.42. The third-order valence-corrected chi connectivity index (χ3v) is 3.69. The van der Waals surface area contributed by atoms with Gasteiger partial charge in [-0.2, -0.15) is 52.7 Å². The van der Waals surface area contributed by atoms with Gasteiger partial charge in [0.05, 0.1) is 19.8 Å². The quantitative estimate of drug-likeness (QED) is 0.496. The molecule has 0 saturated carbocycles. The fraction of sp³-hybridized carbons (Fsp3) is 0.615. The van der Waals surface area contributed by atoms with Gasteiger partial charge in [0.1, 0.15) is 5.69 Å². The molecule has 18 heteroatoms. The lowest BCUT2D eigenvalue weighted by Gasteiger charge is -2.34. The summed E-state index contributed by atoms with van der Waals surface area (Å²) in [5.41, 5.74) is -21.3. The lowest BCUT2D eigenvalue weighted by atomic mass is 9.89. The zero-order valence-corrected chi connectivity index (χ0v) is 14.4. The molecule has 0 N–H and O–H groups in total. The molecule has 0 unspecified atom stereocenters. The van der Waals surface area contributed by atoms with Crippen molar-refractivity contribution < 1.29 is 75.3 Å². The van der Waals surface area contributed by atoms with Crippen LogP contribution in [0.5, 0.6) is 11.6 Å². The number of rotatable bonds is 4. The molecule has 0 saturated heterocycles. The van der Waals surface area contributed by atoms with Gasteiger partial charge in [-0.1, -0.05) is 0 Å². The van der Waals surface area contributed by atoms with Gasteiger partial charge in [0, 0.05) is 0 Å². The Morgan fingerprint density at radius 3 is 1.19 bits per heavy atom. The van der Waals surface area contributed by atoms with Gasteiger partial charge in [-0.15, -0.1) is 0 Å². The Morgan fingerprint density at radius 2 is 0.935 bits per heavy atom. The van der Waals surface area contributed by atoms with Crippen LogP contribution < -0.4 is 9.47 Å². The van der Waals surface area contributed by atoms with Crippen LogP contribution in [0.3, 0.4) is 0 Å². The zero-order chi connectivity index (χ0) is 25.0. The molecule has 0 aliphatic carbocycles. The summed E-state index contributed by atoms with van der Waals surface area (Å²) < 4.78 is 206. The van der Waals surface area contributed by atoms with E-state index >= 15 is 0 Å². The first-order valence-electron chi connectivity index (χ1n) is 7.01. The van der Waals surface area contributed by atoms with Crippen molar-refractivity contribution in [3.8, 4) is 11.6 Å². The fourth-order valence-electron chi connectivity index (χ4n) is 2.26.